The summed E-state index contributed by atoms with van der Waals surface area (Å²) in [6, 6.07) is 2.23. The van der Waals surface area contributed by atoms with Crippen molar-refractivity contribution >= 4 is 5.97 Å². The number of esters is 1. The van der Waals surface area contributed by atoms with Crippen molar-refractivity contribution in [2.75, 3.05) is 32.8 Å². The second kappa shape index (κ2) is 8.93. The molecular weight excluding hydrogens is 254 g/mol. The normalized spacial score (nSPS) is 20.1. The second-order valence-corrected chi connectivity index (χ2v) is 5.18. The monoisotopic (exact) mass is 281 g/mol. The number of nitrogens with zero attached hydrogens (tertiary/aromatic N) is 3. The smallest absolute Gasteiger partial charge is 0.323 e. The summed E-state index contributed by atoms with van der Waals surface area (Å²) in [6.45, 7) is 9.79. The number of rotatable bonds is 7. The molecule has 1 rings (SSSR count). The molecule has 0 aromatic heterocycles. The van der Waals surface area contributed by atoms with E-state index in [1.807, 2.05) is 13.8 Å². The minimum atomic E-state index is -0.121. The fraction of sp³-hybridized carbons (Fsp3) is 0.867. The van der Waals surface area contributed by atoms with Crippen molar-refractivity contribution in [3.63, 3.8) is 0 Å². The molecule has 0 aromatic carbocycles. The van der Waals surface area contributed by atoms with Crippen molar-refractivity contribution in [2.45, 2.75) is 52.1 Å². The molecule has 1 aliphatic rings. The Hall–Kier alpha value is -1.12. The first-order valence-electron chi connectivity index (χ1n) is 7.72. The number of piperazine rings is 1. The van der Waals surface area contributed by atoms with Gasteiger partial charge in [-0.3, -0.25) is 14.6 Å². The third-order valence-corrected chi connectivity index (χ3v) is 3.89. The Kier molecular flexibility index (Phi) is 7.56. The highest BCUT2D eigenvalue weighted by atomic mass is 16.5. The molecule has 2 unspecified atom stereocenters. The third-order valence-electron chi connectivity index (χ3n) is 3.89. The quantitative estimate of drug-likeness (QED) is 0.664. The Morgan fingerprint density at radius 2 is 1.80 bits per heavy atom. The number of nitriles is 1. The molecule has 20 heavy (non-hydrogen) atoms. The summed E-state index contributed by atoms with van der Waals surface area (Å²) in [4.78, 5) is 16.5. The maximum atomic E-state index is 12.0. The average Bonchev–Trinajstić information content (AvgIpc) is 2.47. The zero-order valence-electron chi connectivity index (χ0n) is 13.0. The van der Waals surface area contributed by atoms with E-state index in [0.717, 1.165) is 45.4 Å². The summed E-state index contributed by atoms with van der Waals surface area (Å²) in [5.74, 6) is -0.102. The van der Waals surface area contributed by atoms with Gasteiger partial charge in [0.15, 0.2) is 0 Å². The summed E-state index contributed by atoms with van der Waals surface area (Å²) in [6.07, 6.45) is 2.67. The summed E-state index contributed by atoms with van der Waals surface area (Å²) < 4.78 is 5.18. The van der Waals surface area contributed by atoms with Gasteiger partial charge in [-0.05, 0) is 19.8 Å². The van der Waals surface area contributed by atoms with Crippen LogP contribution in [0.4, 0.5) is 0 Å². The molecule has 0 radical (unpaired) electrons. The molecule has 0 amide bonds. The van der Waals surface area contributed by atoms with Gasteiger partial charge >= 0.3 is 5.97 Å². The third kappa shape index (κ3) is 4.46. The van der Waals surface area contributed by atoms with Crippen molar-refractivity contribution in [1.82, 2.24) is 9.80 Å². The highest BCUT2D eigenvalue weighted by Gasteiger charge is 2.30. The molecule has 5 heteroatoms. The maximum absolute atomic E-state index is 12.0. The lowest BCUT2D eigenvalue weighted by Gasteiger charge is -2.39. The molecule has 1 aliphatic heterocycles. The number of hydrogen-bond donors (Lipinski definition) is 0. The fourth-order valence-corrected chi connectivity index (χ4v) is 2.75. The molecule has 1 saturated heterocycles. The van der Waals surface area contributed by atoms with E-state index in [4.69, 9.17) is 10.00 Å². The first-order valence-corrected chi connectivity index (χ1v) is 7.72. The Bertz CT molecular complexity index is 333. The van der Waals surface area contributed by atoms with Gasteiger partial charge in [0, 0.05) is 26.2 Å². The lowest BCUT2D eigenvalue weighted by molar-refractivity contribution is -0.150. The van der Waals surface area contributed by atoms with Crippen LogP contribution in [0.15, 0.2) is 0 Å². The van der Waals surface area contributed by atoms with Gasteiger partial charge < -0.3 is 4.74 Å². The molecular formula is C15H27N3O2. The van der Waals surface area contributed by atoms with Crippen LogP contribution in [0.5, 0.6) is 0 Å². The summed E-state index contributed by atoms with van der Waals surface area (Å²) in [7, 11) is 0. The van der Waals surface area contributed by atoms with E-state index in [1.54, 1.807) is 0 Å². The molecule has 0 saturated carbocycles. The van der Waals surface area contributed by atoms with E-state index < -0.39 is 0 Å². The van der Waals surface area contributed by atoms with Crippen LogP contribution in [0, 0.1) is 11.3 Å². The molecule has 1 fully saturated rings. The highest BCUT2D eigenvalue weighted by molar-refractivity contribution is 5.75. The van der Waals surface area contributed by atoms with Crippen LogP contribution in [-0.2, 0) is 9.53 Å². The zero-order valence-corrected chi connectivity index (χ0v) is 13.0. The van der Waals surface area contributed by atoms with Gasteiger partial charge in [0.05, 0.1) is 18.7 Å². The van der Waals surface area contributed by atoms with Crippen molar-refractivity contribution < 1.29 is 9.53 Å². The molecule has 114 valence electrons. The maximum Gasteiger partial charge on any atom is 0.323 e. The van der Waals surface area contributed by atoms with Crippen molar-refractivity contribution in [1.29, 1.82) is 5.26 Å². The van der Waals surface area contributed by atoms with Gasteiger partial charge in [0.25, 0.3) is 0 Å². The van der Waals surface area contributed by atoms with E-state index in [9.17, 15) is 4.79 Å². The zero-order chi connectivity index (χ0) is 15.0. The van der Waals surface area contributed by atoms with Crippen LogP contribution in [0.2, 0.25) is 0 Å². The minimum absolute atomic E-state index is 0.00404. The van der Waals surface area contributed by atoms with Gasteiger partial charge in [-0.1, -0.05) is 20.3 Å². The van der Waals surface area contributed by atoms with Crippen LogP contribution in [0.1, 0.15) is 40.0 Å². The number of ether oxygens (including phenoxy) is 1. The highest BCUT2D eigenvalue weighted by Crippen LogP contribution is 2.15. The lowest BCUT2D eigenvalue weighted by atomic mass is 10.1. The second-order valence-electron chi connectivity index (χ2n) is 5.18. The van der Waals surface area contributed by atoms with Gasteiger partial charge in [-0.2, -0.15) is 5.26 Å². The minimum Gasteiger partial charge on any atom is -0.465 e. The first-order chi connectivity index (χ1) is 9.67. The molecule has 5 nitrogen and oxygen atoms in total. The standard InChI is InChI=1S/C15H27N3O2/c1-4-7-14(15(19)20-6-3)18-10-8-17(9-11-18)13(5-2)12-16/h13-14H,4-11H2,1-3H3. The van der Waals surface area contributed by atoms with Crippen LogP contribution in [0.25, 0.3) is 0 Å². The number of hydrogen-bond acceptors (Lipinski definition) is 5. The van der Waals surface area contributed by atoms with Crippen LogP contribution in [-0.4, -0.2) is 60.6 Å². The summed E-state index contributed by atoms with van der Waals surface area (Å²) in [5, 5.41) is 9.12. The molecule has 0 bridgehead atoms. The molecule has 0 N–H and O–H groups in total. The Balaban J connectivity index is 2.56. The van der Waals surface area contributed by atoms with Gasteiger partial charge in [-0.15, -0.1) is 0 Å². The van der Waals surface area contributed by atoms with E-state index in [2.05, 4.69) is 22.8 Å². The fourth-order valence-electron chi connectivity index (χ4n) is 2.75. The predicted molar refractivity (Wildman–Crippen MR) is 78.2 cm³/mol. The van der Waals surface area contributed by atoms with Gasteiger partial charge in [0.1, 0.15) is 6.04 Å². The summed E-state index contributed by atoms with van der Waals surface area (Å²) >= 11 is 0. The number of carbonyl (C=O) groups excluding carboxylic acids is 1. The molecule has 0 aliphatic carbocycles. The van der Waals surface area contributed by atoms with Crippen molar-refractivity contribution in [2.24, 2.45) is 0 Å². The lowest BCUT2D eigenvalue weighted by Crippen LogP contribution is -2.54. The molecule has 0 aromatic rings. The van der Waals surface area contributed by atoms with E-state index in [1.165, 1.54) is 0 Å². The first kappa shape index (κ1) is 16.9. The van der Waals surface area contributed by atoms with Gasteiger partial charge in [-0.25, -0.2) is 0 Å². The largest absolute Gasteiger partial charge is 0.465 e. The summed E-state index contributed by atoms with van der Waals surface area (Å²) in [5.41, 5.74) is 0. The topological polar surface area (TPSA) is 56.6 Å². The van der Waals surface area contributed by atoms with Crippen LogP contribution >= 0.6 is 0 Å². The van der Waals surface area contributed by atoms with E-state index >= 15 is 0 Å². The van der Waals surface area contributed by atoms with Crippen LogP contribution < -0.4 is 0 Å². The van der Waals surface area contributed by atoms with Crippen molar-refractivity contribution in [3.8, 4) is 6.07 Å². The Morgan fingerprint density at radius 3 is 2.25 bits per heavy atom. The Labute approximate surface area is 122 Å². The molecule has 2 atom stereocenters. The molecule has 0 spiro atoms. The van der Waals surface area contributed by atoms with Gasteiger partial charge in [0.2, 0.25) is 0 Å². The van der Waals surface area contributed by atoms with Crippen molar-refractivity contribution in [3.05, 3.63) is 0 Å². The number of carbonyl (C=O) groups is 1. The average molecular weight is 281 g/mol. The van der Waals surface area contributed by atoms with E-state index in [-0.39, 0.29) is 18.1 Å². The van der Waals surface area contributed by atoms with E-state index in [0.29, 0.717) is 6.61 Å². The predicted octanol–water partition coefficient (Wildman–Crippen LogP) is 1.64. The molecule has 1 heterocycles. The SMILES string of the molecule is CCCC(C(=O)OCC)N1CCN(C(C#N)CC)CC1. The Morgan fingerprint density at radius 1 is 1.20 bits per heavy atom. The van der Waals surface area contributed by atoms with Crippen LogP contribution in [0.3, 0.4) is 0 Å².